The first-order valence-corrected chi connectivity index (χ1v) is 6.18. The molecule has 0 heterocycles. The first-order valence-electron chi connectivity index (χ1n) is 6.18. The quantitative estimate of drug-likeness (QED) is 0.708. The van der Waals surface area contributed by atoms with Gasteiger partial charge in [-0.05, 0) is 19.3 Å². The molecule has 0 radical (unpaired) electrons. The molecule has 0 saturated heterocycles. The zero-order valence-corrected chi connectivity index (χ0v) is 10.3. The van der Waals surface area contributed by atoms with E-state index in [1.54, 1.807) is 11.8 Å². The van der Waals surface area contributed by atoms with Crippen LogP contribution in [0.15, 0.2) is 0 Å². The Kier molecular flexibility index (Phi) is 5.29. The van der Waals surface area contributed by atoms with Crippen LogP contribution in [0.25, 0.3) is 0 Å². The zero-order valence-electron chi connectivity index (χ0n) is 10.3. The van der Waals surface area contributed by atoms with Gasteiger partial charge in [-0.1, -0.05) is 13.3 Å². The highest BCUT2D eigenvalue weighted by atomic mass is 16.2. The molecule has 0 aromatic heterocycles. The van der Waals surface area contributed by atoms with Gasteiger partial charge in [0.25, 0.3) is 0 Å². The molecule has 0 atom stereocenters. The van der Waals surface area contributed by atoms with Crippen molar-refractivity contribution in [3.8, 4) is 0 Å². The molecule has 0 spiro atoms. The highest BCUT2D eigenvalue weighted by molar-refractivity contribution is 5.80. The van der Waals surface area contributed by atoms with Gasteiger partial charge in [-0.15, -0.1) is 0 Å². The molecule has 1 aliphatic rings. The lowest BCUT2D eigenvalue weighted by Crippen LogP contribution is -2.38. The molecule has 4 nitrogen and oxygen atoms in total. The van der Waals surface area contributed by atoms with E-state index in [0.29, 0.717) is 13.1 Å². The Bertz CT molecular complexity index is 249. The van der Waals surface area contributed by atoms with E-state index in [1.165, 1.54) is 0 Å². The maximum Gasteiger partial charge on any atom is 0.223 e. The second kappa shape index (κ2) is 6.51. The van der Waals surface area contributed by atoms with E-state index in [9.17, 15) is 9.59 Å². The summed E-state index contributed by atoms with van der Waals surface area (Å²) in [6, 6.07) is 0. The predicted molar refractivity (Wildman–Crippen MR) is 62.9 cm³/mol. The Morgan fingerprint density at radius 3 is 2.50 bits per heavy atom. The Morgan fingerprint density at radius 2 is 2.00 bits per heavy atom. The van der Waals surface area contributed by atoms with Crippen LogP contribution in [0.3, 0.4) is 0 Å². The van der Waals surface area contributed by atoms with Gasteiger partial charge in [0.15, 0.2) is 0 Å². The molecular weight excluding hydrogens is 204 g/mol. The van der Waals surface area contributed by atoms with Crippen molar-refractivity contribution in [3.05, 3.63) is 0 Å². The highest BCUT2D eigenvalue weighted by Gasteiger charge is 2.29. The summed E-state index contributed by atoms with van der Waals surface area (Å²) in [5.41, 5.74) is 0. The Balaban J connectivity index is 2.15. The summed E-state index contributed by atoms with van der Waals surface area (Å²) in [6.07, 6.45) is 4.16. The van der Waals surface area contributed by atoms with Crippen molar-refractivity contribution >= 4 is 11.8 Å². The van der Waals surface area contributed by atoms with Crippen molar-refractivity contribution in [2.75, 3.05) is 19.6 Å². The average molecular weight is 226 g/mol. The van der Waals surface area contributed by atoms with Gasteiger partial charge in [0, 0.05) is 32.5 Å². The Morgan fingerprint density at radius 1 is 1.31 bits per heavy atom. The summed E-state index contributed by atoms with van der Waals surface area (Å²) in [4.78, 5) is 24.4. The third kappa shape index (κ3) is 4.64. The largest absolute Gasteiger partial charge is 0.354 e. The standard InChI is InChI=1S/C12H22N2O2/c1-3-4-8-14(10(2)15)9-7-13-12(16)11-5-6-11/h11H,3-9H2,1-2H3,(H,13,16). The number of nitrogens with one attached hydrogen (secondary N) is 1. The monoisotopic (exact) mass is 226 g/mol. The fourth-order valence-electron chi connectivity index (χ4n) is 1.58. The van der Waals surface area contributed by atoms with Crippen molar-refractivity contribution < 1.29 is 9.59 Å². The number of amides is 2. The van der Waals surface area contributed by atoms with E-state index in [4.69, 9.17) is 0 Å². The van der Waals surface area contributed by atoms with Gasteiger partial charge < -0.3 is 10.2 Å². The Labute approximate surface area is 97.4 Å². The van der Waals surface area contributed by atoms with Crippen LogP contribution in [-0.4, -0.2) is 36.3 Å². The number of unbranched alkanes of at least 4 members (excludes halogenated alkanes) is 1. The lowest BCUT2D eigenvalue weighted by molar-refractivity contribution is -0.129. The first kappa shape index (κ1) is 13.0. The molecule has 2 amide bonds. The van der Waals surface area contributed by atoms with Crippen molar-refractivity contribution in [2.24, 2.45) is 5.92 Å². The maximum absolute atomic E-state index is 11.4. The van der Waals surface area contributed by atoms with Gasteiger partial charge >= 0.3 is 0 Å². The SMILES string of the molecule is CCCCN(CCNC(=O)C1CC1)C(C)=O. The molecule has 1 aliphatic carbocycles. The van der Waals surface area contributed by atoms with E-state index in [1.807, 2.05) is 0 Å². The van der Waals surface area contributed by atoms with E-state index in [-0.39, 0.29) is 17.7 Å². The van der Waals surface area contributed by atoms with Crippen LogP contribution >= 0.6 is 0 Å². The molecule has 92 valence electrons. The van der Waals surface area contributed by atoms with Gasteiger partial charge in [-0.3, -0.25) is 9.59 Å². The minimum absolute atomic E-state index is 0.0918. The van der Waals surface area contributed by atoms with Crippen LogP contribution in [0.2, 0.25) is 0 Å². The van der Waals surface area contributed by atoms with E-state index in [2.05, 4.69) is 12.2 Å². The molecule has 0 aromatic rings. The minimum Gasteiger partial charge on any atom is -0.354 e. The molecule has 0 aliphatic heterocycles. The van der Waals surface area contributed by atoms with Crippen LogP contribution in [0, 0.1) is 5.92 Å². The highest BCUT2D eigenvalue weighted by Crippen LogP contribution is 2.28. The first-order chi connectivity index (χ1) is 7.65. The number of hydrogen-bond acceptors (Lipinski definition) is 2. The van der Waals surface area contributed by atoms with E-state index in [0.717, 1.165) is 32.2 Å². The third-order valence-electron chi connectivity index (χ3n) is 2.86. The molecule has 1 rings (SSSR count). The van der Waals surface area contributed by atoms with Crippen molar-refractivity contribution in [1.82, 2.24) is 10.2 Å². The number of hydrogen-bond donors (Lipinski definition) is 1. The van der Waals surface area contributed by atoms with E-state index < -0.39 is 0 Å². The van der Waals surface area contributed by atoms with Gasteiger partial charge in [0.2, 0.25) is 11.8 Å². The average Bonchev–Trinajstić information content (AvgIpc) is 3.05. The summed E-state index contributed by atoms with van der Waals surface area (Å²) < 4.78 is 0. The summed E-state index contributed by atoms with van der Waals surface area (Å²) in [5, 5.41) is 2.87. The fourth-order valence-corrected chi connectivity index (χ4v) is 1.58. The molecule has 1 fully saturated rings. The second-order valence-electron chi connectivity index (χ2n) is 4.42. The molecular formula is C12H22N2O2. The normalized spacial score (nSPS) is 14.6. The molecule has 0 bridgehead atoms. The van der Waals surface area contributed by atoms with Crippen LogP contribution in [0.1, 0.15) is 39.5 Å². The summed E-state index contributed by atoms with van der Waals surface area (Å²) >= 11 is 0. The summed E-state index contributed by atoms with van der Waals surface area (Å²) in [6.45, 7) is 5.70. The smallest absolute Gasteiger partial charge is 0.223 e. The lowest BCUT2D eigenvalue weighted by atomic mass is 10.3. The number of carbonyl (C=O) groups is 2. The van der Waals surface area contributed by atoms with Crippen LogP contribution in [0.5, 0.6) is 0 Å². The van der Waals surface area contributed by atoms with Crippen molar-refractivity contribution in [1.29, 1.82) is 0 Å². The number of rotatable bonds is 7. The third-order valence-corrected chi connectivity index (χ3v) is 2.86. The molecule has 0 aromatic carbocycles. The number of nitrogens with zero attached hydrogens (tertiary/aromatic N) is 1. The molecule has 0 unspecified atom stereocenters. The predicted octanol–water partition coefficient (Wildman–Crippen LogP) is 1.16. The van der Waals surface area contributed by atoms with Gasteiger partial charge in [0.05, 0.1) is 0 Å². The fraction of sp³-hybridized carbons (Fsp3) is 0.833. The topological polar surface area (TPSA) is 49.4 Å². The molecule has 1 saturated carbocycles. The summed E-state index contributed by atoms with van der Waals surface area (Å²) in [7, 11) is 0. The maximum atomic E-state index is 11.4. The summed E-state index contributed by atoms with van der Waals surface area (Å²) in [5.74, 6) is 0.495. The van der Waals surface area contributed by atoms with Gasteiger partial charge in [-0.25, -0.2) is 0 Å². The van der Waals surface area contributed by atoms with Gasteiger partial charge in [0.1, 0.15) is 0 Å². The van der Waals surface area contributed by atoms with E-state index >= 15 is 0 Å². The van der Waals surface area contributed by atoms with Gasteiger partial charge in [-0.2, -0.15) is 0 Å². The minimum atomic E-state index is 0.0918. The molecule has 1 N–H and O–H groups in total. The Hall–Kier alpha value is -1.06. The lowest BCUT2D eigenvalue weighted by Gasteiger charge is -2.20. The number of carbonyl (C=O) groups excluding carboxylic acids is 2. The van der Waals surface area contributed by atoms with Crippen LogP contribution in [-0.2, 0) is 9.59 Å². The van der Waals surface area contributed by atoms with Crippen molar-refractivity contribution in [3.63, 3.8) is 0 Å². The molecule has 4 heteroatoms. The van der Waals surface area contributed by atoms with Crippen LogP contribution < -0.4 is 5.32 Å². The zero-order chi connectivity index (χ0) is 12.0. The molecule has 16 heavy (non-hydrogen) atoms. The second-order valence-corrected chi connectivity index (χ2v) is 4.42. The van der Waals surface area contributed by atoms with Crippen molar-refractivity contribution in [2.45, 2.75) is 39.5 Å². The van der Waals surface area contributed by atoms with Crippen LogP contribution in [0.4, 0.5) is 0 Å².